The van der Waals surface area contributed by atoms with Crippen LogP contribution in [-0.4, -0.2) is 39.1 Å². The Morgan fingerprint density at radius 3 is 2.32 bits per heavy atom. The van der Waals surface area contributed by atoms with E-state index in [1.165, 1.54) is 36.4 Å². The number of rotatable bonds is 5. The molecule has 0 bridgehead atoms. The van der Waals surface area contributed by atoms with Crippen LogP contribution >= 0.6 is 0 Å². The van der Waals surface area contributed by atoms with Gasteiger partial charge in [-0.3, -0.25) is 5.43 Å². The first-order valence-corrected chi connectivity index (χ1v) is 9.48. The normalized spacial score (nSPS) is 11.6. The predicted molar refractivity (Wildman–Crippen MR) is 99.1 cm³/mol. The summed E-state index contributed by atoms with van der Waals surface area (Å²) in [6.07, 6.45) is 0. The van der Waals surface area contributed by atoms with Gasteiger partial charge in [-0.25, -0.2) is 22.4 Å². The Labute approximate surface area is 160 Å². The SMILES string of the molecule is CCOC(=O)c1ccc(N/N=C(\C(=O)OC)S(=O)(=O)c2ccccc2F)cc1. The van der Waals surface area contributed by atoms with Crippen LogP contribution in [0.15, 0.2) is 58.5 Å². The number of hydrogen-bond donors (Lipinski definition) is 1. The van der Waals surface area contributed by atoms with E-state index >= 15 is 0 Å². The van der Waals surface area contributed by atoms with Crippen molar-refractivity contribution in [2.45, 2.75) is 11.8 Å². The lowest BCUT2D eigenvalue weighted by Gasteiger charge is -2.08. The van der Waals surface area contributed by atoms with Gasteiger partial charge in [-0.05, 0) is 43.3 Å². The second-order valence-corrected chi connectivity index (χ2v) is 7.09. The summed E-state index contributed by atoms with van der Waals surface area (Å²) in [7, 11) is -3.60. The molecule has 0 radical (unpaired) electrons. The van der Waals surface area contributed by atoms with Crippen molar-refractivity contribution in [3.63, 3.8) is 0 Å². The standard InChI is InChI=1S/C18H17FN2O6S/c1-3-27-17(22)12-8-10-13(11-9-12)20-21-16(18(23)26-2)28(24,25)15-7-5-4-6-14(15)19/h4-11,20H,3H2,1-2H3/b21-16+. The third kappa shape index (κ3) is 4.71. The lowest BCUT2D eigenvalue weighted by atomic mass is 10.2. The Morgan fingerprint density at radius 2 is 1.75 bits per heavy atom. The highest BCUT2D eigenvalue weighted by atomic mass is 32.2. The molecule has 0 aliphatic heterocycles. The lowest BCUT2D eigenvalue weighted by Crippen LogP contribution is -2.27. The zero-order valence-electron chi connectivity index (χ0n) is 15.0. The van der Waals surface area contributed by atoms with E-state index in [0.717, 1.165) is 19.2 Å². The van der Waals surface area contributed by atoms with Gasteiger partial charge in [0.2, 0.25) is 9.84 Å². The van der Waals surface area contributed by atoms with Crippen LogP contribution in [-0.2, 0) is 24.1 Å². The van der Waals surface area contributed by atoms with Crippen molar-refractivity contribution in [3.05, 3.63) is 59.9 Å². The molecule has 0 saturated carbocycles. The van der Waals surface area contributed by atoms with Crippen molar-refractivity contribution in [2.24, 2.45) is 5.10 Å². The molecule has 2 aromatic rings. The fourth-order valence-corrected chi connectivity index (χ4v) is 3.34. The van der Waals surface area contributed by atoms with Crippen LogP contribution in [0.4, 0.5) is 10.1 Å². The number of methoxy groups -OCH3 is 1. The van der Waals surface area contributed by atoms with E-state index in [-0.39, 0.29) is 17.9 Å². The molecule has 0 aromatic heterocycles. The Morgan fingerprint density at radius 1 is 1.11 bits per heavy atom. The summed E-state index contributed by atoms with van der Waals surface area (Å²) in [6.45, 7) is 1.90. The van der Waals surface area contributed by atoms with Gasteiger partial charge >= 0.3 is 11.9 Å². The van der Waals surface area contributed by atoms with Gasteiger partial charge in [0.25, 0.3) is 5.04 Å². The van der Waals surface area contributed by atoms with Gasteiger partial charge in [0.05, 0.1) is 25.0 Å². The molecule has 0 amide bonds. The van der Waals surface area contributed by atoms with Crippen LogP contribution in [0, 0.1) is 5.82 Å². The van der Waals surface area contributed by atoms with Gasteiger partial charge in [0.1, 0.15) is 10.7 Å². The lowest BCUT2D eigenvalue weighted by molar-refractivity contribution is -0.132. The molecule has 1 N–H and O–H groups in total. The van der Waals surface area contributed by atoms with Gasteiger partial charge in [0, 0.05) is 0 Å². The minimum atomic E-state index is -4.58. The number of nitrogens with one attached hydrogen (secondary N) is 1. The van der Waals surface area contributed by atoms with E-state index in [9.17, 15) is 22.4 Å². The first-order valence-electron chi connectivity index (χ1n) is 8.00. The van der Waals surface area contributed by atoms with E-state index in [2.05, 4.69) is 15.3 Å². The third-order valence-corrected chi connectivity index (χ3v) is 5.10. The molecule has 0 aliphatic rings. The van der Waals surface area contributed by atoms with Crippen LogP contribution < -0.4 is 5.43 Å². The Kier molecular flexibility index (Phi) is 6.83. The average molecular weight is 408 g/mol. The molecule has 0 heterocycles. The summed E-state index contributed by atoms with van der Waals surface area (Å²) in [5, 5.41) is 2.57. The Hall–Kier alpha value is -3.27. The molecular weight excluding hydrogens is 391 g/mol. The molecule has 0 spiro atoms. The molecule has 0 saturated heterocycles. The van der Waals surface area contributed by atoms with Crippen molar-refractivity contribution in [1.82, 2.24) is 0 Å². The largest absolute Gasteiger partial charge is 0.464 e. The number of sulfone groups is 1. The van der Waals surface area contributed by atoms with Crippen molar-refractivity contribution < 1.29 is 31.9 Å². The second kappa shape index (κ2) is 9.09. The number of ether oxygens (including phenoxy) is 2. The zero-order valence-corrected chi connectivity index (χ0v) is 15.8. The molecule has 10 heteroatoms. The van der Waals surface area contributed by atoms with Gasteiger partial charge in [0.15, 0.2) is 0 Å². The maximum absolute atomic E-state index is 13.9. The van der Waals surface area contributed by atoms with E-state index in [0.29, 0.717) is 0 Å². The summed E-state index contributed by atoms with van der Waals surface area (Å²) in [5.74, 6) is -2.81. The van der Waals surface area contributed by atoms with E-state index in [1.807, 2.05) is 0 Å². The topological polar surface area (TPSA) is 111 Å². The van der Waals surface area contributed by atoms with Crippen LogP contribution in [0.3, 0.4) is 0 Å². The van der Waals surface area contributed by atoms with Crippen molar-refractivity contribution in [3.8, 4) is 0 Å². The van der Waals surface area contributed by atoms with Crippen molar-refractivity contribution in [2.75, 3.05) is 19.1 Å². The van der Waals surface area contributed by atoms with Crippen molar-refractivity contribution in [1.29, 1.82) is 0 Å². The summed E-state index contributed by atoms with van der Waals surface area (Å²) < 4.78 is 48.5. The maximum Gasteiger partial charge on any atom is 0.370 e. The number of benzene rings is 2. The highest BCUT2D eigenvalue weighted by Crippen LogP contribution is 2.18. The predicted octanol–water partition coefficient (Wildman–Crippen LogP) is 2.37. The number of hydrogen-bond acceptors (Lipinski definition) is 8. The minimum absolute atomic E-state index is 0.222. The van der Waals surface area contributed by atoms with Crippen LogP contribution in [0.25, 0.3) is 0 Å². The number of nitrogens with zero attached hydrogens (tertiary/aromatic N) is 1. The summed E-state index contributed by atoms with van der Waals surface area (Å²) in [5.41, 5.74) is 2.94. The summed E-state index contributed by atoms with van der Waals surface area (Å²) in [6, 6.07) is 10.3. The molecule has 0 aliphatic carbocycles. The second-order valence-electron chi connectivity index (χ2n) is 5.25. The van der Waals surface area contributed by atoms with Crippen LogP contribution in [0.1, 0.15) is 17.3 Å². The third-order valence-electron chi connectivity index (χ3n) is 3.42. The molecule has 0 fully saturated rings. The fourth-order valence-electron chi connectivity index (χ4n) is 2.08. The number of esters is 2. The van der Waals surface area contributed by atoms with Gasteiger partial charge in [-0.1, -0.05) is 12.1 Å². The monoisotopic (exact) mass is 408 g/mol. The van der Waals surface area contributed by atoms with Gasteiger partial charge in [-0.15, -0.1) is 0 Å². The number of anilines is 1. The maximum atomic E-state index is 13.9. The van der Waals surface area contributed by atoms with Crippen LogP contribution in [0.5, 0.6) is 0 Å². The van der Waals surface area contributed by atoms with E-state index in [4.69, 9.17) is 4.74 Å². The quantitative estimate of drug-likeness (QED) is 0.350. The molecule has 148 valence electrons. The average Bonchev–Trinajstić information content (AvgIpc) is 2.68. The van der Waals surface area contributed by atoms with E-state index < -0.39 is 37.5 Å². The molecular formula is C18H17FN2O6S. The highest BCUT2D eigenvalue weighted by Gasteiger charge is 2.32. The molecule has 8 nitrogen and oxygen atoms in total. The molecule has 0 atom stereocenters. The highest BCUT2D eigenvalue weighted by molar-refractivity contribution is 8.08. The summed E-state index contributed by atoms with van der Waals surface area (Å²) in [4.78, 5) is 22.8. The molecule has 2 aromatic carbocycles. The molecule has 0 unspecified atom stereocenters. The fraction of sp³-hybridized carbons (Fsp3) is 0.167. The van der Waals surface area contributed by atoms with Crippen molar-refractivity contribution >= 4 is 32.5 Å². The Bertz CT molecular complexity index is 1000. The smallest absolute Gasteiger partial charge is 0.370 e. The number of hydrazone groups is 1. The number of carbonyl (C=O) groups excluding carboxylic acids is 2. The molecule has 28 heavy (non-hydrogen) atoms. The Balaban J connectivity index is 2.34. The summed E-state index contributed by atoms with van der Waals surface area (Å²) >= 11 is 0. The first-order chi connectivity index (χ1) is 13.3. The number of carbonyl (C=O) groups is 2. The first kappa shape index (κ1) is 21.0. The van der Waals surface area contributed by atoms with Crippen LogP contribution in [0.2, 0.25) is 0 Å². The van der Waals surface area contributed by atoms with Gasteiger partial charge in [-0.2, -0.15) is 5.10 Å². The number of halogens is 1. The van der Waals surface area contributed by atoms with Gasteiger partial charge < -0.3 is 9.47 Å². The minimum Gasteiger partial charge on any atom is -0.464 e. The zero-order chi connectivity index (χ0) is 20.7. The van der Waals surface area contributed by atoms with E-state index in [1.54, 1.807) is 6.92 Å². The molecule has 2 rings (SSSR count).